The SMILES string of the molecule is CC1(C)C(NS(=O)(=O)c2ccc(N)nc2)C1(C)C. The highest BCUT2D eigenvalue weighted by Gasteiger charge is 2.66. The zero-order valence-corrected chi connectivity index (χ0v) is 11.9. The van der Waals surface area contributed by atoms with Crippen molar-refractivity contribution >= 4 is 15.8 Å². The third kappa shape index (κ3) is 1.89. The van der Waals surface area contributed by atoms with Crippen LogP contribution in [-0.4, -0.2) is 19.4 Å². The Kier molecular flexibility index (Phi) is 2.72. The fraction of sp³-hybridized carbons (Fsp3) is 0.583. The minimum atomic E-state index is -3.52. The largest absolute Gasteiger partial charge is 0.384 e. The quantitative estimate of drug-likeness (QED) is 0.868. The zero-order chi connectivity index (χ0) is 13.8. The predicted molar refractivity (Wildman–Crippen MR) is 70.3 cm³/mol. The topological polar surface area (TPSA) is 85.1 Å². The normalized spacial score (nSPS) is 21.8. The van der Waals surface area contributed by atoms with E-state index in [-0.39, 0.29) is 21.8 Å². The summed E-state index contributed by atoms with van der Waals surface area (Å²) >= 11 is 0. The first-order chi connectivity index (χ1) is 8.09. The number of rotatable bonds is 3. The van der Waals surface area contributed by atoms with Gasteiger partial charge >= 0.3 is 0 Å². The molecule has 1 aromatic rings. The lowest BCUT2D eigenvalue weighted by Gasteiger charge is -2.08. The molecule has 3 N–H and O–H groups in total. The van der Waals surface area contributed by atoms with Gasteiger partial charge < -0.3 is 5.73 Å². The van der Waals surface area contributed by atoms with Gasteiger partial charge in [-0.3, -0.25) is 0 Å². The lowest BCUT2D eigenvalue weighted by atomic mass is 10.0. The maximum atomic E-state index is 12.2. The highest BCUT2D eigenvalue weighted by atomic mass is 32.2. The molecular weight excluding hydrogens is 250 g/mol. The van der Waals surface area contributed by atoms with Crippen molar-refractivity contribution in [1.29, 1.82) is 0 Å². The van der Waals surface area contributed by atoms with Crippen molar-refractivity contribution in [3.05, 3.63) is 18.3 Å². The molecule has 1 fully saturated rings. The number of hydrogen-bond acceptors (Lipinski definition) is 4. The van der Waals surface area contributed by atoms with E-state index < -0.39 is 10.0 Å². The molecule has 6 heteroatoms. The molecule has 1 aliphatic carbocycles. The van der Waals surface area contributed by atoms with Crippen LogP contribution >= 0.6 is 0 Å². The monoisotopic (exact) mass is 269 g/mol. The Labute approximate surface area is 108 Å². The van der Waals surface area contributed by atoms with Crippen LogP contribution < -0.4 is 10.5 Å². The first-order valence-electron chi connectivity index (χ1n) is 5.83. The minimum absolute atomic E-state index is 0.0404. The van der Waals surface area contributed by atoms with Gasteiger partial charge in [-0.2, -0.15) is 0 Å². The van der Waals surface area contributed by atoms with Crippen LogP contribution in [0, 0.1) is 10.8 Å². The fourth-order valence-corrected chi connectivity index (χ4v) is 3.74. The van der Waals surface area contributed by atoms with E-state index in [0.29, 0.717) is 5.82 Å². The van der Waals surface area contributed by atoms with Crippen LogP contribution in [0.4, 0.5) is 5.82 Å². The van der Waals surface area contributed by atoms with Crippen LogP contribution in [0.2, 0.25) is 0 Å². The Morgan fingerprint density at radius 2 is 1.78 bits per heavy atom. The molecule has 100 valence electrons. The molecule has 0 saturated heterocycles. The van der Waals surface area contributed by atoms with Gasteiger partial charge in [0.1, 0.15) is 10.7 Å². The summed E-state index contributed by atoms with van der Waals surface area (Å²) in [6, 6.07) is 2.89. The standard InChI is InChI=1S/C12H19N3O2S/c1-11(2)10(12(11,3)4)15-18(16,17)8-5-6-9(13)14-7-8/h5-7,10,15H,1-4H3,(H2,13,14). The molecule has 1 aromatic heterocycles. The van der Waals surface area contributed by atoms with Gasteiger partial charge in [0.25, 0.3) is 0 Å². The highest BCUT2D eigenvalue weighted by Crippen LogP contribution is 2.62. The maximum Gasteiger partial charge on any atom is 0.242 e. The minimum Gasteiger partial charge on any atom is -0.384 e. The molecule has 1 heterocycles. The van der Waals surface area contributed by atoms with Crippen molar-refractivity contribution in [3.8, 4) is 0 Å². The van der Waals surface area contributed by atoms with E-state index in [1.165, 1.54) is 18.3 Å². The first-order valence-corrected chi connectivity index (χ1v) is 7.31. The molecule has 0 radical (unpaired) electrons. The van der Waals surface area contributed by atoms with E-state index in [4.69, 9.17) is 5.73 Å². The molecule has 0 aromatic carbocycles. The van der Waals surface area contributed by atoms with E-state index in [1.807, 2.05) is 0 Å². The Hall–Kier alpha value is -1.14. The Balaban J connectivity index is 2.22. The van der Waals surface area contributed by atoms with Gasteiger partial charge in [-0.1, -0.05) is 27.7 Å². The molecule has 0 amide bonds. The van der Waals surface area contributed by atoms with Gasteiger partial charge in [0, 0.05) is 12.2 Å². The van der Waals surface area contributed by atoms with Gasteiger partial charge in [-0.05, 0) is 23.0 Å². The van der Waals surface area contributed by atoms with Crippen LogP contribution in [0.25, 0.3) is 0 Å². The molecular formula is C12H19N3O2S. The molecule has 1 saturated carbocycles. The number of nitrogen functional groups attached to an aromatic ring is 1. The molecule has 18 heavy (non-hydrogen) atoms. The summed E-state index contributed by atoms with van der Waals surface area (Å²) in [7, 11) is -3.52. The Bertz CT molecular complexity index is 547. The van der Waals surface area contributed by atoms with E-state index in [1.54, 1.807) is 0 Å². The number of pyridine rings is 1. The number of sulfonamides is 1. The average molecular weight is 269 g/mol. The van der Waals surface area contributed by atoms with Gasteiger partial charge in [0.15, 0.2) is 0 Å². The zero-order valence-electron chi connectivity index (χ0n) is 11.1. The van der Waals surface area contributed by atoms with Crippen molar-refractivity contribution in [2.45, 2.75) is 38.6 Å². The van der Waals surface area contributed by atoms with E-state index in [9.17, 15) is 8.42 Å². The summed E-state index contributed by atoms with van der Waals surface area (Å²) in [4.78, 5) is 3.95. The first kappa shape index (κ1) is 13.3. The summed E-state index contributed by atoms with van der Waals surface area (Å²) in [5.41, 5.74) is 5.36. The molecule has 0 bridgehead atoms. The van der Waals surface area contributed by atoms with Crippen molar-refractivity contribution < 1.29 is 8.42 Å². The van der Waals surface area contributed by atoms with Gasteiger partial charge in [-0.25, -0.2) is 18.1 Å². The lowest BCUT2D eigenvalue weighted by Crippen LogP contribution is -2.30. The van der Waals surface area contributed by atoms with Gasteiger partial charge in [0.05, 0.1) is 0 Å². The fourth-order valence-electron chi connectivity index (χ4n) is 2.26. The Morgan fingerprint density at radius 3 is 2.17 bits per heavy atom. The number of nitrogens with zero attached hydrogens (tertiary/aromatic N) is 1. The number of aromatic nitrogens is 1. The third-order valence-electron chi connectivity index (χ3n) is 4.36. The van der Waals surface area contributed by atoms with Crippen molar-refractivity contribution in [1.82, 2.24) is 9.71 Å². The molecule has 0 spiro atoms. The van der Waals surface area contributed by atoms with Crippen LogP contribution in [0.3, 0.4) is 0 Å². The maximum absolute atomic E-state index is 12.2. The number of anilines is 1. The average Bonchev–Trinajstić information content (AvgIpc) is 2.61. The Morgan fingerprint density at radius 1 is 1.22 bits per heavy atom. The summed E-state index contributed by atoms with van der Waals surface area (Å²) in [5.74, 6) is 0.307. The second-order valence-electron chi connectivity index (χ2n) is 5.92. The van der Waals surface area contributed by atoms with Gasteiger partial charge in [0.2, 0.25) is 10.0 Å². The van der Waals surface area contributed by atoms with E-state index in [2.05, 4.69) is 37.4 Å². The summed E-state index contributed by atoms with van der Waals surface area (Å²) in [5, 5.41) is 0. The third-order valence-corrected chi connectivity index (χ3v) is 5.77. The van der Waals surface area contributed by atoms with Crippen LogP contribution in [0.1, 0.15) is 27.7 Å². The van der Waals surface area contributed by atoms with E-state index in [0.717, 1.165) is 0 Å². The lowest BCUT2D eigenvalue weighted by molar-refractivity contribution is 0.457. The molecule has 1 aliphatic rings. The molecule has 5 nitrogen and oxygen atoms in total. The second kappa shape index (κ2) is 3.68. The predicted octanol–water partition coefficient (Wildman–Crippen LogP) is 1.38. The van der Waals surface area contributed by atoms with Crippen molar-refractivity contribution in [2.24, 2.45) is 10.8 Å². The van der Waals surface area contributed by atoms with Crippen molar-refractivity contribution in [3.63, 3.8) is 0 Å². The molecule has 0 aliphatic heterocycles. The number of nitrogens with one attached hydrogen (secondary N) is 1. The van der Waals surface area contributed by atoms with Crippen molar-refractivity contribution in [2.75, 3.05) is 5.73 Å². The summed E-state index contributed by atoms with van der Waals surface area (Å²) < 4.78 is 27.1. The smallest absolute Gasteiger partial charge is 0.242 e. The van der Waals surface area contributed by atoms with Crippen LogP contribution in [0.15, 0.2) is 23.2 Å². The number of hydrogen-bond donors (Lipinski definition) is 2. The number of nitrogens with two attached hydrogens (primary N) is 1. The summed E-state index contributed by atoms with van der Waals surface area (Å²) in [6.45, 7) is 8.23. The van der Waals surface area contributed by atoms with Gasteiger partial charge in [-0.15, -0.1) is 0 Å². The highest BCUT2D eigenvalue weighted by molar-refractivity contribution is 7.89. The molecule has 2 rings (SSSR count). The van der Waals surface area contributed by atoms with Crippen LogP contribution in [-0.2, 0) is 10.0 Å². The van der Waals surface area contributed by atoms with E-state index >= 15 is 0 Å². The molecule has 0 atom stereocenters. The summed E-state index contributed by atoms with van der Waals surface area (Å²) in [6.07, 6.45) is 1.28. The van der Waals surface area contributed by atoms with Crippen LogP contribution in [0.5, 0.6) is 0 Å². The molecule has 0 unspecified atom stereocenters. The second-order valence-corrected chi connectivity index (χ2v) is 7.63.